The second-order valence-electron chi connectivity index (χ2n) is 10.9. The molecular weight excluding hydrogens is 391 g/mol. The van der Waals surface area contributed by atoms with Crippen LogP contribution >= 0.6 is 11.6 Å². The molecule has 0 bridgehead atoms. The molecule has 0 N–H and O–H groups in total. The number of hydrogen-bond acceptors (Lipinski definition) is 0. The first-order valence-corrected chi connectivity index (χ1v) is 13.5. The summed E-state index contributed by atoms with van der Waals surface area (Å²) in [7, 11) is 0. The van der Waals surface area contributed by atoms with E-state index in [1.807, 2.05) is 6.07 Å². The van der Waals surface area contributed by atoms with E-state index < -0.39 is 0 Å². The largest absolute Gasteiger partial charge is 0.205 e. The summed E-state index contributed by atoms with van der Waals surface area (Å²) in [5, 5.41) is 0.250. The molecule has 168 valence electrons. The number of rotatable bonds is 7. The number of unbranched alkanes of at least 4 members (excludes halogenated alkanes) is 3. The summed E-state index contributed by atoms with van der Waals surface area (Å²) in [6, 6.07) is 5.46. The Morgan fingerprint density at radius 1 is 0.800 bits per heavy atom. The molecule has 0 amide bonds. The molecule has 3 fully saturated rings. The molecule has 3 aliphatic rings. The summed E-state index contributed by atoms with van der Waals surface area (Å²) in [4.78, 5) is 0. The van der Waals surface area contributed by atoms with Crippen LogP contribution in [-0.4, -0.2) is 0 Å². The second-order valence-corrected chi connectivity index (χ2v) is 11.3. The van der Waals surface area contributed by atoms with E-state index >= 15 is 0 Å². The van der Waals surface area contributed by atoms with Crippen molar-refractivity contribution in [2.24, 2.45) is 29.6 Å². The Kier molecular flexibility index (Phi) is 8.18. The van der Waals surface area contributed by atoms with Crippen molar-refractivity contribution in [2.75, 3.05) is 0 Å². The molecule has 4 atom stereocenters. The fraction of sp³-hybridized carbons (Fsp3) is 0.786. The third kappa shape index (κ3) is 5.62. The molecule has 1 aromatic carbocycles. The smallest absolute Gasteiger partial charge is 0.142 e. The summed E-state index contributed by atoms with van der Waals surface area (Å²) in [6.45, 7) is 2.31. The van der Waals surface area contributed by atoms with Crippen molar-refractivity contribution in [2.45, 2.75) is 109 Å². The van der Waals surface area contributed by atoms with Crippen LogP contribution in [0.4, 0.5) is 4.39 Å². The van der Waals surface area contributed by atoms with Crippen molar-refractivity contribution < 1.29 is 4.39 Å². The Labute approximate surface area is 189 Å². The van der Waals surface area contributed by atoms with E-state index in [9.17, 15) is 4.39 Å². The summed E-state index contributed by atoms with van der Waals surface area (Å²) in [6.07, 6.45) is 21.4. The fourth-order valence-electron chi connectivity index (χ4n) is 7.26. The Morgan fingerprint density at radius 3 is 2.20 bits per heavy atom. The summed E-state index contributed by atoms with van der Waals surface area (Å²) < 4.78 is 13.9. The SMILES string of the molecule is CCCCCCC1CCC2CC(C3CCC(c4ccc(Cl)c(F)c4)CC3)CCC2C1. The maximum Gasteiger partial charge on any atom is 0.142 e. The molecule has 0 aliphatic heterocycles. The van der Waals surface area contributed by atoms with Crippen LogP contribution in [0.1, 0.15) is 115 Å². The van der Waals surface area contributed by atoms with Gasteiger partial charge in [-0.05, 0) is 111 Å². The average Bonchev–Trinajstić information content (AvgIpc) is 2.78. The van der Waals surface area contributed by atoms with E-state index in [4.69, 9.17) is 11.6 Å². The molecule has 0 spiro atoms. The Bertz CT molecular complexity index is 663. The van der Waals surface area contributed by atoms with Gasteiger partial charge < -0.3 is 0 Å². The van der Waals surface area contributed by atoms with E-state index in [1.54, 1.807) is 18.6 Å². The zero-order valence-electron chi connectivity index (χ0n) is 19.1. The fourth-order valence-corrected chi connectivity index (χ4v) is 7.38. The minimum atomic E-state index is -0.254. The highest BCUT2D eigenvalue weighted by atomic mass is 35.5. The lowest BCUT2D eigenvalue weighted by atomic mass is 9.60. The van der Waals surface area contributed by atoms with Crippen LogP contribution in [0.2, 0.25) is 5.02 Å². The van der Waals surface area contributed by atoms with Crippen LogP contribution < -0.4 is 0 Å². The van der Waals surface area contributed by atoms with Crippen LogP contribution in [-0.2, 0) is 0 Å². The number of halogens is 2. The lowest BCUT2D eigenvalue weighted by molar-refractivity contribution is 0.0613. The summed E-state index contributed by atoms with van der Waals surface area (Å²) >= 11 is 5.87. The zero-order chi connectivity index (χ0) is 20.9. The highest BCUT2D eigenvalue weighted by Crippen LogP contribution is 2.50. The van der Waals surface area contributed by atoms with Crippen molar-refractivity contribution in [1.82, 2.24) is 0 Å². The average molecular weight is 433 g/mol. The predicted octanol–water partition coefficient (Wildman–Crippen LogP) is 9.56. The minimum absolute atomic E-state index is 0.250. The second kappa shape index (κ2) is 10.8. The highest BCUT2D eigenvalue weighted by molar-refractivity contribution is 6.30. The van der Waals surface area contributed by atoms with Crippen LogP contribution in [0.5, 0.6) is 0 Å². The maximum absolute atomic E-state index is 13.9. The van der Waals surface area contributed by atoms with Gasteiger partial charge in [0.1, 0.15) is 5.82 Å². The topological polar surface area (TPSA) is 0 Å². The predicted molar refractivity (Wildman–Crippen MR) is 127 cm³/mol. The van der Waals surface area contributed by atoms with Crippen molar-refractivity contribution in [3.05, 3.63) is 34.6 Å². The molecule has 0 aromatic heterocycles. The highest BCUT2D eigenvalue weighted by Gasteiger charge is 2.38. The van der Waals surface area contributed by atoms with Crippen molar-refractivity contribution in [3.63, 3.8) is 0 Å². The quantitative estimate of drug-likeness (QED) is 0.376. The van der Waals surface area contributed by atoms with Gasteiger partial charge >= 0.3 is 0 Å². The van der Waals surface area contributed by atoms with Gasteiger partial charge in [-0.25, -0.2) is 4.39 Å². The molecule has 0 nitrogen and oxygen atoms in total. The molecule has 2 heteroatoms. The van der Waals surface area contributed by atoms with E-state index in [2.05, 4.69) is 6.92 Å². The summed E-state index contributed by atoms with van der Waals surface area (Å²) in [5.41, 5.74) is 1.16. The third-order valence-electron chi connectivity index (χ3n) is 9.08. The molecule has 0 radical (unpaired) electrons. The molecule has 0 heterocycles. The Balaban J connectivity index is 1.22. The van der Waals surface area contributed by atoms with Gasteiger partial charge in [0.25, 0.3) is 0 Å². The van der Waals surface area contributed by atoms with E-state index in [-0.39, 0.29) is 10.8 Å². The molecule has 4 rings (SSSR count). The molecular formula is C28H42ClF. The monoisotopic (exact) mass is 432 g/mol. The van der Waals surface area contributed by atoms with Crippen molar-refractivity contribution in [3.8, 4) is 0 Å². The van der Waals surface area contributed by atoms with Crippen LogP contribution in [0.3, 0.4) is 0 Å². The van der Waals surface area contributed by atoms with Gasteiger partial charge in [-0.3, -0.25) is 0 Å². The van der Waals surface area contributed by atoms with Gasteiger partial charge in [0.05, 0.1) is 5.02 Å². The minimum Gasteiger partial charge on any atom is -0.205 e. The van der Waals surface area contributed by atoms with Crippen LogP contribution in [0, 0.1) is 35.4 Å². The van der Waals surface area contributed by atoms with Gasteiger partial charge in [-0.2, -0.15) is 0 Å². The van der Waals surface area contributed by atoms with Gasteiger partial charge in [0.15, 0.2) is 0 Å². The molecule has 1 aromatic rings. The normalized spacial score (nSPS) is 34.5. The number of fused-ring (bicyclic) bond motifs is 1. The first kappa shape index (κ1) is 22.6. The molecule has 0 saturated heterocycles. The molecule has 4 unspecified atom stereocenters. The van der Waals surface area contributed by atoms with Gasteiger partial charge in [0, 0.05) is 0 Å². The zero-order valence-corrected chi connectivity index (χ0v) is 19.8. The number of hydrogen-bond donors (Lipinski definition) is 0. The Hall–Kier alpha value is -0.560. The Morgan fingerprint density at radius 2 is 1.47 bits per heavy atom. The van der Waals surface area contributed by atoms with Crippen LogP contribution in [0.25, 0.3) is 0 Å². The third-order valence-corrected chi connectivity index (χ3v) is 9.39. The van der Waals surface area contributed by atoms with E-state index in [1.165, 1.54) is 89.9 Å². The van der Waals surface area contributed by atoms with Crippen LogP contribution in [0.15, 0.2) is 18.2 Å². The number of benzene rings is 1. The van der Waals surface area contributed by atoms with Crippen molar-refractivity contribution in [1.29, 1.82) is 0 Å². The lowest BCUT2D eigenvalue weighted by Crippen LogP contribution is -2.34. The molecule has 3 saturated carbocycles. The summed E-state index contributed by atoms with van der Waals surface area (Å²) in [5.74, 6) is 5.28. The van der Waals surface area contributed by atoms with Crippen molar-refractivity contribution >= 4 is 11.6 Å². The first-order valence-electron chi connectivity index (χ1n) is 13.1. The maximum atomic E-state index is 13.9. The van der Waals surface area contributed by atoms with Gasteiger partial charge in [0.2, 0.25) is 0 Å². The molecule has 30 heavy (non-hydrogen) atoms. The lowest BCUT2D eigenvalue weighted by Gasteiger charge is -2.45. The van der Waals surface area contributed by atoms with Gasteiger partial charge in [-0.1, -0.05) is 63.1 Å². The molecule has 3 aliphatic carbocycles. The van der Waals surface area contributed by atoms with E-state index in [0.29, 0.717) is 5.92 Å². The van der Waals surface area contributed by atoms with E-state index in [0.717, 1.165) is 35.2 Å². The van der Waals surface area contributed by atoms with Gasteiger partial charge in [-0.15, -0.1) is 0 Å². The standard InChI is InChI=1S/C28H42ClF/c1-2-3-4-5-6-20-7-8-25-18-24(14-13-23(25)17-20)21-9-11-22(12-10-21)26-15-16-27(29)28(30)19-26/h15-16,19-25H,2-14,17-18H2,1H3. The first-order chi connectivity index (χ1) is 14.6.